The number of carbonyl (C=O) groups is 1. The van der Waals surface area contributed by atoms with Crippen LogP contribution in [0.2, 0.25) is 0 Å². The number of phenolic OH excluding ortho intramolecular Hbond substituents is 1. The van der Waals surface area contributed by atoms with E-state index >= 15 is 0 Å². The lowest BCUT2D eigenvalue weighted by Gasteiger charge is -2.59. The van der Waals surface area contributed by atoms with Crippen molar-refractivity contribution in [2.75, 3.05) is 13.2 Å². The number of fused-ring (bicyclic) bond motifs is 3. The van der Waals surface area contributed by atoms with E-state index in [1.165, 1.54) is 10.6 Å². The smallest absolute Gasteiger partial charge is 0.420 e. The van der Waals surface area contributed by atoms with Crippen molar-refractivity contribution in [3.8, 4) is 11.5 Å². The van der Waals surface area contributed by atoms with Crippen molar-refractivity contribution < 1.29 is 38.3 Å². The Balaban J connectivity index is 0.832. The molecule has 6 heterocycles. The van der Waals surface area contributed by atoms with E-state index in [0.717, 1.165) is 44.1 Å². The van der Waals surface area contributed by atoms with Crippen LogP contribution in [0.3, 0.4) is 0 Å². The number of carbonyl (C=O) groups excluding carboxylic acids is 1. The molecule has 5 saturated heterocycles. The highest BCUT2D eigenvalue weighted by molar-refractivity contribution is 5.77. The zero-order valence-corrected chi connectivity index (χ0v) is 26.4. The summed E-state index contributed by atoms with van der Waals surface area (Å²) in [6.45, 7) is 6.56. The first-order chi connectivity index (χ1) is 22.1. The monoisotopic (exact) mass is 635 g/mol. The number of oxazole rings is 1. The van der Waals surface area contributed by atoms with Gasteiger partial charge in [-0.25, -0.2) is 14.6 Å². The molecule has 1 aliphatic carbocycles. The van der Waals surface area contributed by atoms with Crippen molar-refractivity contribution in [3.05, 3.63) is 58.1 Å². The van der Waals surface area contributed by atoms with Crippen LogP contribution in [-0.4, -0.2) is 64.1 Å². The molecule has 6 fully saturated rings. The predicted octanol–water partition coefficient (Wildman–Crippen LogP) is 3.64. The molecule has 46 heavy (non-hydrogen) atoms. The fraction of sp³-hybridized carbons (Fsp3) is 0.588. The lowest BCUT2D eigenvalue weighted by molar-refractivity contribution is -0.567. The van der Waals surface area contributed by atoms with Crippen molar-refractivity contribution >= 4 is 17.0 Å². The summed E-state index contributed by atoms with van der Waals surface area (Å²) < 4.78 is 25.6. The van der Waals surface area contributed by atoms with Crippen LogP contribution in [0.25, 0.3) is 11.1 Å². The van der Waals surface area contributed by atoms with Gasteiger partial charge in [-0.3, -0.25) is 9.36 Å². The molecule has 2 aromatic carbocycles. The second-order valence-electron chi connectivity index (χ2n) is 13.9. The summed E-state index contributed by atoms with van der Waals surface area (Å²) in [5, 5.41) is 17.2. The number of benzene rings is 2. The molecule has 1 unspecified atom stereocenters. The highest BCUT2D eigenvalue weighted by Gasteiger charge is 2.81. The fourth-order valence-electron chi connectivity index (χ4n) is 8.55. The second-order valence-corrected chi connectivity index (χ2v) is 13.9. The van der Waals surface area contributed by atoms with Gasteiger partial charge in [0.1, 0.15) is 0 Å². The summed E-state index contributed by atoms with van der Waals surface area (Å²) in [5.74, 6) is -1.00. The molecule has 2 spiro atoms. The van der Waals surface area contributed by atoms with E-state index in [1.807, 2.05) is 26.0 Å². The summed E-state index contributed by atoms with van der Waals surface area (Å²) in [5.41, 5.74) is 2.11. The van der Waals surface area contributed by atoms with Crippen LogP contribution in [0, 0.1) is 18.8 Å². The predicted molar refractivity (Wildman–Crippen MR) is 164 cm³/mol. The molecule has 3 N–H and O–H groups in total. The summed E-state index contributed by atoms with van der Waals surface area (Å²) in [6, 6.07) is 10.8. The van der Waals surface area contributed by atoms with E-state index in [9.17, 15) is 14.7 Å². The van der Waals surface area contributed by atoms with Gasteiger partial charge in [-0.15, -0.1) is 0 Å². The van der Waals surface area contributed by atoms with Gasteiger partial charge in [0, 0.05) is 24.9 Å². The minimum absolute atomic E-state index is 0.0249. The molecule has 1 saturated carbocycles. The highest BCUT2D eigenvalue weighted by Crippen LogP contribution is 2.65. The van der Waals surface area contributed by atoms with Gasteiger partial charge in [-0.05, 0) is 87.3 Å². The van der Waals surface area contributed by atoms with Crippen molar-refractivity contribution in [1.82, 2.24) is 15.2 Å². The Kier molecular flexibility index (Phi) is 7.04. The Hall–Kier alpha value is -3.42. The number of hydrogen-bond donors (Lipinski definition) is 3. The van der Waals surface area contributed by atoms with Crippen LogP contribution >= 0.6 is 0 Å². The van der Waals surface area contributed by atoms with Crippen molar-refractivity contribution in [2.24, 2.45) is 11.8 Å². The maximum absolute atomic E-state index is 12.6. The Morgan fingerprint density at radius 1 is 1.17 bits per heavy atom. The number of hydrogen-bond acceptors (Lipinski definition) is 10. The highest BCUT2D eigenvalue weighted by atomic mass is 17.3. The molecule has 9 rings (SSSR count). The third kappa shape index (κ3) is 4.68. The van der Waals surface area contributed by atoms with Crippen molar-refractivity contribution in [2.45, 2.75) is 101 Å². The molecule has 246 valence electrons. The number of nitrogens with zero attached hydrogens (tertiary/aromatic N) is 1. The van der Waals surface area contributed by atoms with E-state index < -0.39 is 23.4 Å². The number of aromatic hydroxyl groups is 1. The van der Waals surface area contributed by atoms with Crippen LogP contribution in [0.1, 0.15) is 63.5 Å². The molecule has 1 amide bonds. The Morgan fingerprint density at radius 2 is 2.04 bits per heavy atom. The SMILES string of the molecule is Cc1ccc2oc(=O)n(Cc3ccc(OCC(=O)NCCCC4O[C@@H]5O[C@@]6(C)CC[C@@]78N[C@@H]7CC[C@@H]([C@H]4C)[C@@]58OO6)c(O)c3)c2c1. The van der Waals surface area contributed by atoms with Gasteiger partial charge in [0.15, 0.2) is 35.6 Å². The largest absolute Gasteiger partial charge is 0.504 e. The summed E-state index contributed by atoms with van der Waals surface area (Å²) in [4.78, 5) is 37.1. The number of amides is 1. The number of rotatable bonds is 9. The van der Waals surface area contributed by atoms with Gasteiger partial charge in [0.25, 0.3) is 5.91 Å². The molecule has 1 aromatic heterocycles. The van der Waals surface area contributed by atoms with E-state index in [1.54, 1.807) is 18.2 Å². The molecule has 8 atom stereocenters. The van der Waals surface area contributed by atoms with Crippen LogP contribution in [0.4, 0.5) is 0 Å². The van der Waals surface area contributed by atoms with Gasteiger partial charge in [0.2, 0.25) is 5.79 Å². The molecule has 2 bridgehead atoms. The first-order valence-electron chi connectivity index (χ1n) is 16.4. The maximum Gasteiger partial charge on any atom is 0.420 e. The minimum Gasteiger partial charge on any atom is -0.504 e. The van der Waals surface area contributed by atoms with Gasteiger partial charge >= 0.3 is 5.76 Å². The average molecular weight is 636 g/mol. The first-order valence-corrected chi connectivity index (χ1v) is 16.4. The number of aromatic nitrogens is 1. The van der Waals surface area contributed by atoms with Gasteiger partial charge < -0.3 is 34.4 Å². The lowest BCUT2D eigenvalue weighted by atomic mass is 9.60. The van der Waals surface area contributed by atoms with Crippen LogP contribution < -0.4 is 21.1 Å². The molecule has 5 aliphatic heterocycles. The van der Waals surface area contributed by atoms with E-state index in [0.29, 0.717) is 29.2 Å². The van der Waals surface area contributed by atoms with E-state index in [-0.39, 0.29) is 54.0 Å². The number of nitrogens with one attached hydrogen (secondary N) is 2. The van der Waals surface area contributed by atoms with Crippen LogP contribution in [-0.2, 0) is 30.6 Å². The number of ether oxygens (including phenoxy) is 3. The lowest BCUT2D eigenvalue weighted by Crippen LogP contribution is -2.73. The average Bonchev–Trinajstić information content (AvgIpc) is 3.74. The normalized spacial score (nSPS) is 35.7. The van der Waals surface area contributed by atoms with E-state index in [4.69, 9.17) is 28.4 Å². The zero-order chi connectivity index (χ0) is 31.8. The number of aryl methyl sites for hydroxylation is 1. The van der Waals surface area contributed by atoms with Crippen LogP contribution in [0.5, 0.6) is 11.5 Å². The minimum atomic E-state index is -0.817. The third-order valence-electron chi connectivity index (χ3n) is 11.0. The summed E-state index contributed by atoms with van der Waals surface area (Å²) >= 11 is 0. The first kappa shape index (κ1) is 29.9. The molecule has 0 radical (unpaired) electrons. The third-order valence-corrected chi connectivity index (χ3v) is 11.0. The Labute approximate surface area is 266 Å². The standard InChI is InChI=1S/C34H41N3O9/c1-19-6-9-26-23(15-19)37(31(40)43-26)17-21-7-10-27(24(38)16-21)41-18-29(39)35-14-4-5-25-20(2)22-8-11-28-33(36-28)13-12-32(3)44-30(42-25)34(22,33)46-45-32/h6-7,9-10,15-16,20,22,25,28,30,36,38H,4-5,8,11-14,17-18H2,1-3H3,(H,35,39)/t20-,22+,25?,28-,30-,32-,33-,34-/m1/s1. The Bertz CT molecular complexity index is 1740. The van der Waals surface area contributed by atoms with Crippen molar-refractivity contribution in [1.29, 1.82) is 0 Å². The maximum atomic E-state index is 12.6. The molecular weight excluding hydrogens is 594 g/mol. The molecule has 3 aromatic rings. The van der Waals surface area contributed by atoms with Crippen molar-refractivity contribution in [3.63, 3.8) is 0 Å². The van der Waals surface area contributed by atoms with Gasteiger partial charge in [-0.1, -0.05) is 19.1 Å². The fourth-order valence-corrected chi connectivity index (χ4v) is 8.55. The topological polar surface area (TPSA) is 153 Å². The second kappa shape index (κ2) is 10.8. The quantitative estimate of drug-likeness (QED) is 0.181. The zero-order valence-electron chi connectivity index (χ0n) is 26.4. The molecule has 6 aliphatic rings. The Morgan fingerprint density at radius 3 is 2.89 bits per heavy atom. The molecule has 12 heteroatoms. The summed E-state index contributed by atoms with van der Waals surface area (Å²) in [7, 11) is 0. The van der Waals surface area contributed by atoms with Gasteiger partial charge in [-0.2, -0.15) is 0 Å². The van der Waals surface area contributed by atoms with E-state index in [2.05, 4.69) is 17.6 Å². The van der Waals surface area contributed by atoms with Crippen LogP contribution in [0.15, 0.2) is 45.6 Å². The summed E-state index contributed by atoms with van der Waals surface area (Å²) in [6.07, 6.45) is 4.83. The molecule has 12 nitrogen and oxygen atoms in total. The molecular formula is C34H41N3O9. The van der Waals surface area contributed by atoms with Gasteiger partial charge in [0.05, 0.1) is 23.7 Å². The number of phenols is 1.